The second-order valence-corrected chi connectivity index (χ2v) is 7.44. The van der Waals surface area contributed by atoms with E-state index in [9.17, 15) is 9.59 Å². The van der Waals surface area contributed by atoms with E-state index in [2.05, 4.69) is 18.2 Å². The van der Waals surface area contributed by atoms with Gasteiger partial charge in [0, 0.05) is 5.56 Å². The molecule has 0 N–H and O–H groups in total. The predicted octanol–water partition coefficient (Wildman–Crippen LogP) is 4.36. The smallest absolute Gasteiger partial charge is 0.408 e. The van der Waals surface area contributed by atoms with Crippen LogP contribution in [0.2, 0.25) is 0 Å². The summed E-state index contributed by atoms with van der Waals surface area (Å²) in [5.41, 5.74) is 5.33. The molecule has 0 saturated heterocycles. The maximum atomic E-state index is 13.0. The number of fused-ring (bicyclic) bond motifs is 2. The van der Waals surface area contributed by atoms with E-state index in [1.165, 1.54) is 15.7 Å². The van der Waals surface area contributed by atoms with Crippen molar-refractivity contribution in [1.29, 1.82) is 0 Å². The van der Waals surface area contributed by atoms with Gasteiger partial charge in [0.05, 0.1) is 11.6 Å². The summed E-state index contributed by atoms with van der Waals surface area (Å²) in [5, 5.41) is 0. The number of nitrogens with zero attached hydrogens (tertiary/aromatic N) is 2. The zero-order valence-corrected chi connectivity index (χ0v) is 16.0. The molecule has 0 spiro atoms. The highest BCUT2D eigenvalue weighted by molar-refractivity contribution is 5.99. The lowest BCUT2D eigenvalue weighted by Crippen LogP contribution is -2.32. The van der Waals surface area contributed by atoms with Crippen LogP contribution >= 0.6 is 0 Å². The summed E-state index contributed by atoms with van der Waals surface area (Å²) in [4.78, 5) is 27.1. The van der Waals surface area contributed by atoms with E-state index in [-0.39, 0.29) is 18.6 Å². The van der Waals surface area contributed by atoms with Gasteiger partial charge in [-0.25, -0.2) is 4.79 Å². The summed E-state index contributed by atoms with van der Waals surface area (Å²) in [6.45, 7) is 2.17. The Bertz CT molecular complexity index is 1270. The molecule has 4 aromatic rings. The lowest BCUT2D eigenvalue weighted by atomic mass is 9.98. The Morgan fingerprint density at radius 1 is 0.897 bits per heavy atom. The second-order valence-electron chi connectivity index (χ2n) is 7.44. The molecule has 0 bridgehead atoms. The number of amides is 1. The number of carbonyl (C=O) groups excluding carboxylic acids is 1. The summed E-state index contributed by atoms with van der Waals surface area (Å²) < 4.78 is 6.83. The molecule has 144 valence electrons. The van der Waals surface area contributed by atoms with E-state index in [0.29, 0.717) is 16.7 Å². The van der Waals surface area contributed by atoms with E-state index in [1.807, 2.05) is 55.5 Å². The number of oxazole rings is 1. The molecule has 5 rings (SSSR count). The molecule has 0 radical (unpaired) electrons. The molecular formula is C24H20N2O3. The Labute approximate surface area is 167 Å². The first-order chi connectivity index (χ1) is 14.1. The van der Waals surface area contributed by atoms with Gasteiger partial charge in [0.1, 0.15) is 6.67 Å². The zero-order valence-electron chi connectivity index (χ0n) is 16.0. The highest BCUT2D eigenvalue weighted by atomic mass is 16.4. The average molecular weight is 384 g/mol. The van der Waals surface area contributed by atoms with Crippen molar-refractivity contribution in [3.63, 3.8) is 0 Å². The van der Waals surface area contributed by atoms with Crippen LogP contribution in [0.1, 0.15) is 40.0 Å². The van der Waals surface area contributed by atoms with Gasteiger partial charge in [-0.1, -0.05) is 54.6 Å². The second kappa shape index (κ2) is 6.78. The van der Waals surface area contributed by atoms with Crippen LogP contribution in [0.15, 0.2) is 82.0 Å². The fourth-order valence-electron chi connectivity index (χ4n) is 4.08. The first kappa shape index (κ1) is 17.5. The normalized spacial score (nSPS) is 15.8. The SMILES string of the molecule is CC1c2cc(Cc3ccccc3)ccc2C(=O)N1Cn1c(=O)oc2ccccc21. The van der Waals surface area contributed by atoms with Crippen molar-refractivity contribution < 1.29 is 9.21 Å². The molecule has 1 amide bonds. The molecule has 0 fully saturated rings. The van der Waals surface area contributed by atoms with Crippen LogP contribution in [0.4, 0.5) is 0 Å². The summed E-state index contributed by atoms with van der Waals surface area (Å²) in [6.07, 6.45) is 0.820. The number of carbonyl (C=O) groups is 1. The fraction of sp³-hybridized carbons (Fsp3) is 0.167. The number of hydrogen-bond acceptors (Lipinski definition) is 3. The highest BCUT2D eigenvalue weighted by Gasteiger charge is 2.34. The van der Waals surface area contributed by atoms with Gasteiger partial charge in [0.2, 0.25) is 0 Å². The monoisotopic (exact) mass is 384 g/mol. The van der Waals surface area contributed by atoms with Crippen LogP contribution in [-0.4, -0.2) is 15.4 Å². The Balaban J connectivity index is 1.46. The first-order valence-electron chi connectivity index (χ1n) is 9.68. The Hall–Kier alpha value is -3.60. The first-order valence-corrected chi connectivity index (χ1v) is 9.68. The molecule has 5 heteroatoms. The van der Waals surface area contributed by atoms with Crippen molar-refractivity contribution in [3.8, 4) is 0 Å². The Kier molecular flexibility index (Phi) is 4.09. The summed E-state index contributed by atoms with van der Waals surface area (Å²) >= 11 is 0. The number of para-hydroxylation sites is 2. The van der Waals surface area contributed by atoms with Crippen LogP contribution in [0, 0.1) is 0 Å². The highest BCUT2D eigenvalue weighted by Crippen LogP contribution is 2.35. The maximum Gasteiger partial charge on any atom is 0.421 e. The average Bonchev–Trinajstić information content (AvgIpc) is 3.18. The van der Waals surface area contributed by atoms with Crippen molar-refractivity contribution in [2.45, 2.75) is 26.1 Å². The van der Waals surface area contributed by atoms with Crippen molar-refractivity contribution in [3.05, 3.63) is 106 Å². The molecule has 1 unspecified atom stereocenters. The number of aromatic nitrogens is 1. The van der Waals surface area contributed by atoms with E-state index in [0.717, 1.165) is 12.0 Å². The zero-order chi connectivity index (χ0) is 20.0. The van der Waals surface area contributed by atoms with Crippen molar-refractivity contribution in [2.75, 3.05) is 0 Å². The topological polar surface area (TPSA) is 55.5 Å². The molecule has 1 aliphatic rings. The van der Waals surface area contributed by atoms with Crippen molar-refractivity contribution >= 4 is 17.0 Å². The molecule has 0 aliphatic carbocycles. The molecular weight excluding hydrogens is 364 g/mol. The Morgan fingerprint density at radius 2 is 1.66 bits per heavy atom. The third-order valence-electron chi connectivity index (χ3n) is 5.64. The molecule has 1 atom stereocenters. The van der Waals surface area contributed by atoms with Crippen molar-refractivity contribution in [1.82, 2.24) is 9.47 Å². The lowest BCUT2D eigenvalue weighted by molar-refractivity contribution is 0.0672. The number of hydrogen-bond donors (Lipinski definition) is 0. The van der Waals surface area contributed by atoms with E-state index < -0.39 is 5.76 Å². The largest absolute Gasteiger partial charge is 0.421 e. The minimum absolute atomic E-state index is 0.0593. The summed E-state index contributed by atoms with van der Waals surface area (Å²) in [5.74, 6) is -0.511. The van der Waals surface area contributed by atoms with Crippen LogP contribution < -0.4 is 5.76 Å². The molecule has 0 saturated carbocycles. The quantitative estimate of drug-likeness (QED) is 0.525. The third-order valence-corrected chi connectivity index (χ3v) is 5.64. The van der Waals surface area contributed by atoms with Gasteiger partial charge in [-0.15, -0.1) is 0 Å². The predicted molar refractivity (Wildman–Crippen MR) is 111 cm³/mol. The lowest BCUT2D eigenvalue weighted by Gasteiger charge is -2.22. The molecule has 2 heterocycles. The maximum absolute atomic E-state index is 13.0. The molecule has 29 heavy (non-hydrogen) atoms. The summed E-state index contributed by atoms with van der Waals surface area (Å²) in [7, 11) is 0. The van der Waals surface area contributed by atoms with Gasteiger partial charge in [0.25, 0.3) is 5.91 Å². The van der Waals surface area contributed by atoms with E-state index >= 15 is 0 Å². The van der Waals surface area contributed by atoms with E-state index in [1.54, 1.807) is 11.0 Å². The third kappa shape index (κ3) is 2.95. The van der Waals surface area contributed by atoms with Gasteiger partial charge >= 0.3 is 5.76 Å². The fourth-order valence-corrected chi connectivity index (χ4v) is 4.08. The van der Waals surface area contributed by atoms with Gasteiger partial charge in [0.15, 0.2) is 5.58 Å². The van der Waals surface area contributed by atoms with E-state index in [4.69, 9.17) is 4.42 Å². The van der Waals surface area contributed by atoms with Gasteiger partial charge in [-0.2, -0.15) is 0 Å². The molecule has 1 aliphatic heterocycles. The van der Waals surface area contributed by atoms with Crippen LogP contribution in [0.5, 0.6) is 0 Å². The van der Waals surface area contributed by atoms with Crippen LogP contribution in [0.3, 0.4) is 0 Å². The Morgan fingerprint density at radius 3 is 2.48 bits per heavy atom. The minimum atomic E-state index is -0.452. The van der Waals surface area contributed by atoms with Crippen LogP contribution in [-0.2, 0) is 13.1 Å². The minimum Gasteiger partial charge on any atom is -0.408 e. The number of rotatable bonds is 4. The molecule has 1 aromatic heterocycles. The van der Waals surface area contributed by atoms with Gasteiger partial charge in [-0.05, 0) is 48.2 Å². The summed E-state index contributed by atoms with van der Waals surface area (Å²) in [6, 6.07) is 23.5. The number of benzene rings is 3. The van der Waals surface area contributed by atoms with Crippen LogP contribution in [0.25, 0.3) is 11.1 Å². The molecule has 3 aromatic carbocycles. The molecule has 5 nitrogen and oxygen atoms in total. The van der Waals surface area contributed by atoms with Crippen molar-refractivity contribution in [2.24, 2.45) is 0 Å². The van der Waals surface area contributed by atoms with Gasteiger partial charge < -0.3 is 9.32 Å². The van der Waals surface area contributed by atoms with Gasteiger partial charge in [-0.3, -0.25) is 9.36 Å². The standard InChI is InChI=1S/C24H20N2O3/c1-16-20-14-18(13-17-7-3-2-4-8-17)11-12-19(20)23(27)25(16)15-26-21-9-5-6-10-22(21)29-24(26)28/h2-12,14,16H,13,15H2,1H3.